The maximum atomic E-state index is 14.5. The first-order valence-corrected chi connectivity index (χ1v) is 12.2. The summed E-state index contributed by atoms with van der Waals surface area (Å²) >= 11 is 0. The van der Waals surface area contributed by atoms with Crippen LogP contribution in [0.4, 0.5) is 8.78 Å². The molecule has 35 heavy (non-hydrogen) atoms. The fraction of sp³-hybridized carbons (Fsp3) is 0.444. The molecule has 3 aliphatic rings. The Morgan fingerprint density at radius 3 is 2.63 bits per heavy atom. The van der Waals surface area contributed by atoms with Gasteiger partial charge in [-0.25, -0.2) is 13.8 Å². The number of carboxylic acids is 1. The van der Waals surface area contributed by atoms with E-state index in [4.69, 9.17) is 4.98 Å². The number of carboxylic acid groups (broad SMARTS) is 1. The Hall–Kier alpha value is -3.13. The van der Waals surface area contributed by atoms with E-state index in [-0.39, 0.29) is 17.7 Å². The van der Waals surface area contributed by atoms with Gasteiger partial charge in [0.15, 0.2) is 5.78 Å². The number of ketones is 1. The molecule has 0 atom stereocenters. The van der Waals surface area contributed by atoms with Crippen molar-refractivity contribution in [3.05, 3.63) is 64.5 Å². The highest BCUT2D eigenvalue weighted by molar-refractivity contribution is 5.97. The number of hydrogen-bond donors (Lipinski definition) is 2. The molecule has 0 radical (unpaired) electrons. The number of hydrogen-bond acceptors (Lipinski definition) is 4. The topological polar surface area (TPSA) is 84.2 Å². The van der Waals surface area contributed by atoms with Crippen LogP contribution >= 0.6 is 0 Å². The molecule has 2 fully saturated rings. The number of halogens is 2. The SMILES string of the molecule is O=C(CC12CCC(C(=O)O)(CC1)C2)c1ccc2c3c(n(Cc4ccc(F)cc4F)c2n1)CNCC3. The Kier molecular flexibility index (Phi) is 5.07. The number of benzene rings is 1. The van der Waals surface area contributed by atoms with E-state index in [1.54, 1.807) is 6.07 Å². The first-order chi connectivity index (χ1) is 16.8. The van der Waals surface area contributed by atoms with E-state index < -0.39 is 23.0 Å². The van der Waals surface area contributed by atoms with Gasteiger partial charge in [-0.2, -0.15) is 0 Å². The van der Waals surface area contributed by atoms with Gasteiger partial charge in [-0.1, -0.05) is 6.07 Å². The number of pyridine rings is 1. The summed E-state index contributed by atoms with van der Waals surface area (Å²) in [5.41, 5.74) is 2.56. The van der Waals surface area contributed by atoms with E-state index in [9.17, 15) is 23.5 Å². The van der Waals surface area contributed by atoms with Crippen molar-refractivity contribution in [1.82, 2.24) is 14.9 Å². The van der Waals surface area contributed by atoms with Gasteiger partial charge in [-0.05, 0) is 74.2 Å². The number of nitrogens with one attached hydrogen (secondary N) is 1. The highest BCUT2D eigenvalue weighted by Gasteiger charge is 2.58. The number of Topliss-reactive ketones (excluding diaryl/α,β-unsaturated/α-hetero) is 1. The average Bonchev–Trinajstić information content (AvgIpc) is 3.50. The van der Waals surface area contributed by atoms with Crippen molar-refractivity contribution < 1.29 is 23.5 Å². The quantitative estimate of drug-likeness (QED) is 0.504. The fourth-order valence-corrected chi connectivity index (χ4v) is 6.67. The number of aliphatic carboxylic acids is 1. The molecule has 2 aliphatic carbocycles. The molecular formula is C27H27F2N3O3. The highest BCUT2D eigenvalue weighted by atomic mass is 19.1. The normalized spacial score (nSPS) is 25.2. The molecule has 0 saturated heterocycles. The van der Waals surface area contributed by atoms with Crippen LogP contribution in [0.3, 0.4) is 0 Å². The van der Waals surface area contributed by atoms with Gasteiger partial charge in [0.05, 0.1) is 12.0 Å². The lowest BCUT2D eigenvalue weighted by Gasteiger charge is -2.25. The number of fused-ring (bicyclic) bond motifs is 5. The van der Waals surface area contributed by atoms with E-state index in [1.807, 2.05) is 10.6 Å². The van der Waals surface area contributed by atoms with E-state index in [2.05, 4.69) is 5.32 Å². The fourth-order valence-electron chi connectivity index (χ4n) is 6.67. The molecule has 6 rings (SSSR count). The van der Waals surface area contributed by atoms with Gasteiger partial charge in [0.2, 0.25) is 0 Å². The van der Waals surface area contributed by atoms with Crippen LogP contribution in [-0.4, -0.2) is 33.0 Å². The minimum atomic E-state index is -0.742. The van der Waals surface area contributed by atoms with Crippen LogP contribution in [0.15, 0.2) is 30.3 Å². The first-order valence-electron chi connectivity index (χ1n) is 12.2. The molecule has 1 aromatic carbocycles. The standard InChI is InChI=1S/C27H27F2N3O3/c28-17-2-1-16(20(29)11-17)14-32-22-13-30-10-5-18(22)19-3-4-21(31-24(19)32)23(33)12-26-6-8-27(15-26,9-7-26)25(34)35/h1-4,11,30H,5-10,12-15H2,(H,34,35). The van der Waals surface area contributed by atoms with Crippen molar-refractivity contribution in [2.24, 2.45) is 10.8 Å². The summed E-state index contributed by atoms with van der Waals surface area (Å²) in [7, 11) is 0. The summed E-state index contributed by atoms with van der Waals surface area (Å²) in [6.45, 7) is 1.62. The largest absolute Gasteiger partial charge is 0.481 e. The maximum Gasteiger partial charge on any atom is 0.309 e. The van der Waals surface area contributed by atoms with E-state index >= 15 is 0 Å². The van der Waals surface area contributed by atoms with Crippen molar-refractivity contribution in [2.75, 3.05) is 6.54 Å². The van der Waals surface area contributed by atoms with Gasteiger partial charge in [-0.15, -0.1) is 0 Å². The zero-order chi connectivity index (χ0) is 24.4. The zero-order valence-electron chi connectivity index (χ0n) is 19.4. The van der Waals surface area contributed by atoms with Gasteiger partial charge >= 0.3 is 5.97 Å². The second-order valence-corrected chi connectivity index (χ2v) is 10.6. The monoisotopic (exact) mass is 479 g/mol. The van der Waals surface area contributed by atoms with Crippen LogP contribution < -0.4 is 5.32 Å². The third-order valence-corrected chi connectivity index (χ3v) is 8.57. The lowest BCUT2D eigenvalue weighted by atomic mass is 9.79. The Balaban J connectivity index is 1.35. The summed E-state index contributed by atoms with van der Waals surface area (Å²) in [6.07, 6.45) is 4.45. The molecule has 0 spiro atoms. The molecule has 2 N–H and O–H groups in total. The molecule has 1 aliphatic heterocycles. The summed E-state index contributed by atoms with van der Waals surface area (Å²) in [5.74, 6) is -2.05. The van der Waals surface area contributed by atoms with Gasteiger partial charge in [0.25, 0.3) is 0 Å². The Bertz CT molecular complexity index is 1370. The number of nitrogens with zero attached hydrogens (tertiary/aromatic N) is 2. The number of aromatic nitrogens is 2. The van der Waals surface area contributed by atoms with Gasteiger partial charge in [-0.3, -0.25) is 9.59 Å². The second-order valence-electron chi connectivity index (χ2n) is 10.6. The number of rotatable bonds is 6. The molecule has 6 nitrogen and oxygen atoms in total. The third-order valence-electron chi connectivity index (χ3n) is 8.57. The summed E-state index contributed by atoms with van der Waals surface area (Å²) in [6, 6.07) is 7.27. The molecule has 2 bridgehead atoms. The average molecular weight is 480 g/mol. The lowest BCUT2D eigenvalue weighted by Crippen LogP contribution is -2.25. The molecule has 3 aromatic rings. The Morgan fingerprint density at radius 2 is 1.91 bits per heavy atom. The Labute approximate surface area is 201 Å². The third kappa shape index (κ3) is 3.57. The van der Waals surface area contributed by atoms with E-state index in [0.717, 1.165) is 48.5 Å². The maximum absolute atomic E-state index is 14.5. The highest BCUT2D eigenvalue weighted by Crippen LogP contribution is 2.63. The van der Waals surface area contributed by atoms with Crippen molar-refractivity contribution in [1.29, 1.82) is 0 Å². The van der Waals surface area contributed by atoms with Crippen LogP contribution in [0.2, 0.25) is 0 Å². The molecular weight excluding hydrogens is 452 g/mol. The van der Waals surface area contributed by atoms with Gasteiger partial charge < -0.3 is 15.0 Å². The Morgan fingerprint density at radius 1 is 1.11 bits per heavy atom. The first kappa shape index (κ1) is 22.3. The summed E-state index contributed by atoms with van der Waals surface area (Å²) in [4.78, 5) is 29.9. The minimum absolute atomic E-state index is 0.0770. The van der Waals surface area contributed by atoms with Gasteiger partial charge in [0, 0.05) is 35.7 Å². The smallest absolute Gasteiger partial charge is 0.309 e. The molecule has 3 heterocycles. The molecule has 8 heteroatoms. The minimum Gasteiger partial charge on any atom is -0.481 e. The van der Waals surface area contributed by atoms with Crippen molar-refractivity contribution in [3.8, 4) is 0 Å². The lowest BCUT2D eigenvalue weighted by molar-refractivity contribution is -0.148. The van der Waals surface area contributed by atoms with Crippen molar-refractivity contribution in [2.45, 2.75) is 58.0 Å². The molecule has 2 saturated carbocycles. The summed E-state index contributed by atoms with van der Waals surface area (Å²) < 4.78 is 29.9. The van der Waals surface area contributed by atoms with Crippen LogP contribution in [-0.2, 0) is 24.3 Å². The van der Waals surface area contributed by atoms with Crippen molar-refractivity contribution >= 4 is 22.8 Å². The molecule has 0 unspecified atom stereocenters. The van der Waals surface area contributed by atoms with Crippen LogP contribution in [0.1, 0.15) is 65.8 Å². The summed E-state index contributed by atoms with van der Waals surface area (Å²) in [5, 5.41) is 14.0. The predicted molar refractivity (Wildman–Crippen MR) is 125 cm³/mol. The predicted octanol–water partition coefficient (Wildman–Crippen LogP) is 4.62. The number of carbonyl (C=O) groups excluding carboxylic acids is 1. The van der Waals surface area contributed by atoms with E-state index in [0.29, 0.717) is 49.1 Å². The van der Waals surface area contributed by atoms with E-state index in [1.165, 1.54) is 12.1 Å². The van der Waals surface area contributed by atoms with Crippen molar-refractivity contribution in [3.63, 3.8) is 0 Å². The second kappa shape index (κ2) is 7.95. The van der Waals surface area contributed by atoms with Gasteiger partial charge in [0.1, 0.15) is 23.0 Å². The van der Waals surface area contributed by atoms with Crippen LogP contribution in [0.25, 0.3) is 11.0 Å². The molecule has 2 aromatic heterocycles. The number of carbonyl (C=O) groups is 2. The molecule has 182 valence electrons. The zero-order valence-corrected chi connectivity index (χ0v) is 19.4. The van der Waals surface area contributed by atoms with Crippen LogP contribution in [0, 0.1) is 22.5 Å². The van der Waals surface area contributed by atoms with Crippen LogP contribution in [0.5, 0.6) is 0 Å². The molecule has 0 amide bonds.